The number of benzene rings is 2. The highest BCUT2D eigenvalue weighted by atomic mass is 16.5. The first kappa shape index (κ1) is 25.8. The van der Waals surface area contributed by atoms with Crippen LogP contribution in [0.1, 0.15) is 60.2 Å². The Morgan fingerprint density at radius 2 is 1.76 bits per heavy atom. The van der Waals surface area contributed by atoms with Gasteiger partial charge in [-0.3, -0.25) is 9.59 Å². The minimum Gasteiger partial charge on any atom is -0.497 e. The van der Waals surface area contributed by atoms with E-state index < -0.39 is 0 Å². The molecule has 0 radical (unpaired) electrons. The van der Waals surface area contributed by atoms with Crippen LogP contribution in [0.3, 0.4) is 0 Å². The second-order valence-corrected chi connectivity index (χ2v) is 10.2. The Bertz CT molecular complexity index is 993. The summed E-state index contributed by atoms with van der Waals surface area (Å²) in [5, 5.41) is 0. The van der Waals surface area contributed by atoms with Crippen molar-refractivity contribution in [1.29, 1.82) is 0 Å². The van der Waals surface area contributed by atoms with E-state index in [4.69, 9.17) is 4.74 Å². The lowest BCUT2D eigenvalue weighted by Gasteiger charge is -2.40. The van der Waals surface area contributed by atoms with Crippen molar-refractivity contribution in [3.63, 3.8) is 0 Å². The highest BCUT2D eigenvalue weighted by Crippen LogP contribution is 2.29. The van der Waals surface area contributed by atoms with Crippen LogP contribution in [0.2, 0.25) is 0 Å². The summed E-state index contributed by atoms with van der Waals surface area (Å²) in [5.41, 5.74) is 4.27. The van der Waals surface area contributed by atoms with Gasteiger partial charge in [-0.2, -0.15) is 0 Å². The van der Waals surface area contributed by atoms with E-state index in [0.717, 1.165) is 49.2 Å². The van der Waals surface area contributed by atoms with E-state index in [1.54, 1.807) is 7.11 Å². The van der Waals surface area contributed by atoms with Gasteiger partial charge < -0.3 is 14.5 Å². The second-order valence-electron chi connectivity index (χ2n) is 10.2. The molecule has 184 valence electrons. The summed E-state index contributed by atoms with van der Waals surface area (Å²) in [7, 11) is 3.62. The lowest BCUT2D eigenvalue weighted by molar-refractivity contribution is -0.134. The average molecular weight is 465 g/mol. The number of hydrogen-bond acceptors (Lipinski definition) is 3. The van der Waals surface area contributed by atoms with E-state index in [9.17, 15) is 9.59 Å². The molecule has 0 aliphatic carbocycles. The van der Waals surface area contributed by atoms with Gasteiger partial charge in [-0.15, -0.1) is 0 Å². The smallest absolute Gasteiger partial charge is 0.253 e. The van der Waals surface area contributed by atoms with E-state index in [0.29, 0.717) is 18.3 Å². The highest BCUT2D eigenvalue weighted by Gasteiger charge is 2.33. The first-order valence-electron chi connectivity index (χ1n) is 12.4. The third-order valence-electron chi connectivity index (χ3n) is 7.18. The fraction of sp³-hybridized carbons (Fsp3) is 0.517. The predicted octanol–water partition coefficient (Wildman–Crippen LogP) is 5.28. The van der Waals surface area contributed by atoms with Gasteiger partial charge in [0.2, 0.25) is 5.91 Å². The van der Waals surface area contributed by atoms with Crippen LogP contribution in [0.15, 0.2) is 42.5 Å². The summed E-state index contributed by atoms with van der Waals surface area (Å²) in [5.74, 6) is 1.80. The first-order chi connectivity index (χ1) is 16.2. The number of hydrogen-bond donors (Lipinski definition) is 0. The maximum atomic E-state index is 13.1. The molecule has 0 spiro atoms. The van der Waals surface area contributed by atoms with E-state index in [2.05, 4.69) is 32.9 Å². The van der Waals surface area contributed by atoms with E-state index in [1.807, 2.05) is 54.1 Å². The van der Waals surface area contributed by atoms with Crippen LogP contribution in [0, 0.1) is 25.7 Å². The van der Waals surface area contributed by atoms with Gasteiger partial charge in [0, 0.05) is 38.2 Å². The number of methoxy groups -OCH3 is 1. The Hall–Kier alpha value is -2.82. The van der Waals surface area contributed by atoms with Gasteiger partial charge in [0.1, 0.15) is 5.75 Å². The SMILES string of the molecule is COc1cccc(C[C@@H](C2CCN(C(=O)c3ccc(C)c(C)c3)CC2)N(C)C(=O)CC(C)C)c1. The van der Waals surface area contributed by atoms with Crippen molar-refractivity contribution < 1.29 is 14.3 Å². The molecule has 3 rings (SSSR count). The molecule has 0 aromatic heterocycles. The molecule has 1 atom stereocenters. The van der Waals surface area contributed by atoms with Crippen LogP contribution in [-0.4, -0.2) is 54.9 Å². The molecule has 1 saturated heterocycles. The Morgan fingerprint density at radius 1 is 1.06 bits per heavy atom. The molecule has 1 heterocycles. The summed E-state index contributed by atoms with van der Waals surface area (Å²) in [6, 6.07) is 14.2. The number of carbonyl (C=O) groups is 2. The topological polar surface area (TPSA) is 49.9 Å². The normalized spacial score (nSPS) is 15.3. The van der Waals surface area contributed by atoms with Crippen LogP contribution in [0.5, 0.6) is 5.75 Å². The largest absolute Gasteiger partial charge is 0.497 e. The summed E-state index contributed by atoms with van der Waals surface area (Å²) in [4.78, 5) is 30.1. The molecule has 0 N–H and O–H groups in total. The van der Waals surface area contributed by atoms with E-state index in [1.165, 1.54) is 11.1 Å². The van der Waals surface area contributed by atoms with Crippen LogP contribution >= 0.6 is 0 Å². The third kappa shape index (κ3) is 6.40. The molecule has 1 aliphatic heterocycles. The van der Waals surface area contributed by atoms with Crippen molar-refractivity contribution >= 4 is 11.8 Å². The van der Waals surface area contributed by atoms with Gasteiger partial charge in [-0.25, -0.2) is 0 Å². The zero-order valence-electron chi connectivity index (χ0n) is 21.6. The maximum Gasteiger partial charge on any atom is 0.253 e. The molecular weight excluding hydrogens is 424 g/mol. The maximum absolute atomic E-state index is 13.1. The highest BCUT2D eigenvalue weighted by molar-refractivity contribution is 5.94. The molecular formula is C29H40N2O3. The van der Waals surface area contributed by atoms with Crippen molar-refractivity contribution in [3.05, 3.63) is 64.7 Å². The molecule has 2 aromatic rings. The van der Waals surface area contributed by atoms with Gasteiger partial charge >= 0.3 is 0 Å². The number of ether oxygens (including phenoxy) is 1. The molecule has 1 aliphatic rings. The fourth-order valence-electron chi connectivity index (χ4n) is 4.88. The van der Waals surface area contributed by atoms with Crippen molar-refractivity contribution in [2.75, 3.05) is 27.2 Å². The fourth-order valence-corrected chi connectivity index (χ4v) is 4.88. The molecule has 0 bridgehead atoms. The van der Waals surface area contributed by atoms with E-state index >= 15 is 0 Å². The quantitative estimate of drug-likeness (QED) is 0.534. The Morgan fingerprint density at radius 3 is 2.38 bits per heavy atom. The molecule has 2 aromatic carbocycles. The number of amides is 2. The number of rotatable bonds is 8. The number of piperidine rings is 1. The van der Waals surface area contributed by atoms with Crippen molar-refractivity contribution in [2.24, 2.45) is 11.8 Å². The van der Waals surface area contributed by atoms with Crippen LogP contribution in [0.4, 0.5) is 0 Å². The number of likely N-dealkylation sites (N-methyl/N-ethyl adjacent to an activating group) is 1. The number of aryl methyl sites for hydroxylation is 2. The molecule has 5 nitrogen and oxygen atoms in total. The molecule has 0 unspecified atom stereocenters. The van der Waals surface area contributed by atoms with E-state index in [-0.39, 0.29) is 17.9 Å². The van der Waals surface area contributed by atoms with Gasteiger partial charge in [0.15, 0.2) is 0 Å². The van der Waals surface area contributed by atoms with Crippen LogP contribution in [0.25, 0.3) is 0 Å². The monoisotopic (exact) mass is 464 g/mol. The van der Waals surface area contributed by atoms with Crippen LogP contribution < -0.4 is 4.74 Å². The molecule has 34 heavy (non-hydrogen) atoms. The van der Waals surface area contributed by atoms with Crippen molar-refractivity contribution in [3.8, 4) is 5.75 Å². The number of likely N-dealkylation sites (tertiary alicyclic amines) is 1. The summed E-state index contributed by atoms with van der Waals surface area (Å²) in [6.45, 7) is 9.72. The Balaban J connectivity index is 1.73. The lowest BCUT2D eigenvalue weighted by atomic mass is 9.84. The second kappa shape index (κ2) is 11.5. The van der Waals surface area contributed by atoms with Gasteiger partial charge in [-0.05, 0) is 85.9 Å². The molecule has 0 saturated carbocycles. The third-order valence-corrected chi connectivity index (χ3v) is 7.18. The minimum absolute atomic E-state index is 0.0947. The van der Waals surface area contributed by atoms with Crippen molar-refractivity contribution in [2.45, 2.75) is 59.4 Å². The van der Waals surface area contributed by atoms with Crippen molar-refractivity contribution in [1.82, 2.24) is 9.80 Å². The lowest BCUT2D eigenvalue weighted by Crippen LogP contribution is -2.48. The zero-order chi connectivity index (χ0) is 24.8. The van der Waals surface area contributed by atoms with Crippen LogP contribution in [-0.2, 0) is 11.2 Å². The first-order valence-corrected chi connectivity index (χ1v) is 12.4. The summed E-state index contributed by atoms with van der Waals surface area (Å²) >= 11 is 0. The molecule has 2 amide bonds. The van der Waals surface area contributed by atoms with Gasteiger partial charge in [0.25, 0.3) is 5.91 Å². The zero-order valence-corrected chi connectivity index (χ0v) is 21.6. The number of carbonyl (C=O) groups excluding carboxylic acids is 2. The summed E-state index contributed by atoms with van der Waals surface area (Å²) < 4.78 is 5.42. The molecule has 1 fully saturated rings. The molecule has 5 heteroatoms. The number of nitrogens with zero attached hydrogens (tertiary/aromatic N) is 2. The standard InChI is InChI=1S/C29H40N2O3/c1-20(2)16-28(32)30(5)27(19-23-8-7-9-26(18-23)34-6)24-12-14-31(15-13-24)29(33)25-11-10-21(3)22(4)17-25/h7-11,17-18,20,24,27H,12-16,19H2,1-6H3/t27-/m0/s1. The van der Waals surface area contributed by atoms with Gasteiger partial charge in [0.05, 0.1) is 7.11 Å². The predicted molar refractivity (Wildman–Crippen MR) is 137 cm³/mol. The average Bonchev–Trinajstić information content (AvgIpc) is 2.83. The minimum atomic E-state index is 0.0947. The Labute approximate surface area is 205 Å². The Kier molecular flexibility index (Phi) is 8.76. The van der Waals surface area contributed by atoms with Gasteiger partial charge in [-0.1, -0.05) is 32.0 Å². The summed E-state index contributed by atoms with van der Waals surface area (Å²) in [6.07, 6.45) is 3.12.